The highest BCUT2D eigenvalue weighted by atomic mass is 16.5. The first-order chi connectivity index (χ1) is 13.0. The molecule has 7 heteroatoms. The molecule has 2 aromatic rings. The lowest BCUT2D eigenvalue weighted by atomic mass is 10.0. The van der Waals surface area contributed by atoms with Crippen molar-refractivity contribution in [2.75, 3.05) is 20.8 Å². The topological polar surface area (TPSA) is 105 Å². The number of methoxy groups -OCH3 is 2. The lowest BCUT2D eigenvalue weighted by Gasteiger charge is -2.20. The zero-order valence-electron chi connectivity index (χ0n) is 15.0. The van der Waals surface area contributed by atoms with Gasteiger partial charge in [-0.1, -0.05) is 18.2 Å². The molecule has 7 nitrogen and oxygen atoms in total. The van der Waals surface area contributed by atoms with Crippen molar-refractivity contribution >= 4 is 12.4 Å². The fraction of sp³-hybridized carbons (Fsp3) is 0.250. The van der Waals surface area contributed by atoms with Crippen molar-refractivity contribution in [3.05, 3.63) is 53.6 Å². The Morgan fingerprint density at radius 2 is 1.74 bits per heavy atom. The molecule has 0 aromatic heterocycles. The summed E-state index contributed by atoms with van der Waals surface area (Å²) in [6.45, 7) is -0.190. The van der Waals surface area contributed by atoms with Crippen molar-refractivity contribution in [2.45, 2.75) is 12.2 Å². The molecule has 0 fully saturated rings. The maximum absolute atomic E-state index is 10.4. The highest BCUT2D eigenvalue weighted by molar-refractivity contribution is 5.74. The van der Waals surface area contributed by atoms with Gasteiger partial charge in [0, 0.05) is 0 Å². The number of rotatable bonds is 9. The van der Waals surface area contributed by atoms with E-state index in [-0.39, 0.29) is 18.1 Å². The van der Waals surface area contributed by atoms with Crippen LogP contribution in [0.2, 0.25) is 0 Å². The number of aliphatic hydroxyl groups is 2. The van der Waals surface area contributed by atoms with Gasteiger partial charge in [-0.3, -0.25) is 4.79 Å². The molecule has 0 amide bonds. The number of carbonyl (C=O) groups excluding carboxylic acids is 1. The van der Waals surface area contributed by atoms with Crippen molar-refractivity contribution in [1.29, 1.82) is 0 Å². The number of benzene rings is 2. The predicted octanol–water partition coefficient (Wildman–Crippen LogP) is 2.09. The molecule has 2 aromatic carbocycles. The summed E-state index contributed by atoms with van der Waals surface area (Å²) in [4.78, 5) is 10.4. The van der Waals surface area contributed by atoms with Crippen molar-refractivity contribution < 1.29 is 34.3 Å². The third-order valence-corrected chi connectivity index (χ3v) is 3.87. The molecule has 0 unspecified atom stereocenters. The number of ether oxygens (including phenoxy) is 3. The van der Waals surface area contributed by atoms with E-state index in [1.165, 1.54) is 38.5 Å². The van der Waals surface area contributed by atoms with Crippen molar-refractivity contribution in [3.8, 4) is 23.0 Å². The number of hydrogen-bond acceptors (Lipinski definition) is 7. The minimum Gasteiger partial charge on any atom is -0.504 e. The van der Waals surface area contributed by atoms with E-state index in [4.69, 9.17) is 14.2 Å². The van der Waals surface area contributed by atoms with Crippen LogP contribution in [0, 0.1) is 0 Å². The van der Waals surface area contributed by atoms with Crippen LogP contribution in [0.4, 0.5) is 0 Å². The highest BCUT2D eigenvalue weighted by Gasteiger charge is 2.21. The Balaban J connectivity index is 2.07. The van der Waals surface area contributed by atoms with E-state index >= 15 is 0 Å². The summed E-state index contributed by atoms with van der Waals surface area (Å²) in [5.74, 6) is 0.944. The molecule has 0 spiro atoms. The third-order valence-electron chi connectivity index (χ3n) is 3.87. The molecule has 0 saturated heterocycles. The van der Waals surface area contributed by atoms with Crippen LogP contribution in [0.15, 0.2) is 42.5 Å². The molecule has 0 bridgehead atoms. The van der Waals surface area contributed by atoms with Gasteiger partial charge >= 0.3 is 0 Å². The Labute approximate surface area is 157 Å². The van der Waals surface area contributed by atoms with Gasteiger partial charge in [0.2, 0.25) is 0 Å². The van der Waals surface area contributed by atoms with Gasteiger partial charge in [-0.15, -0.1) is 0 Å². The average Bonchev–Trinajstić information content (AvgIpc) is 2.70. The van der Waals surface area contributed by atoms with Gasteiger partial charge in [-0.05, 0) is 41.5 Å². The maximum atomic E-state index is 10.4. The summed E-state index contributed by atoms with van der Waals surface area (Å²) in [5, 5.41) is 30.1. The second kappa shape index (κ2) is 9.61. The highest BCUT2D eigenvalue weighted by Crippen LogP contribution is 2.31. The molecule has 0 aliphatic heterocycles. The summed E-state index contributed by atoms with van der Waals surface area (Å²) in [5.41, 5.74) is 1.13. The van der Waals surface area contributed by atoms with Gasteiger partial charge in [0.05, 0.1) is 14.2 Å². The van der Waals surface area contributed by atoms with Gasteiger partial charge in [-0.25, -0.2) is 0 Å². The molecule has 2 atom stereocenters. The van der Waals surface area contributed by atoms with Crippen LogP contribution in [0.1, 0.15) is 17.2 Å². The summed E-state index contributed by atoms with van der Waals surface area (Å²) in [7, 11) is 2.87. The number of aldehydes is 1. The number of phenolic OH excluding ortho intramolecular Hbond substituents is 1. The maximum Gasteiger partial charge on any atom is 0.161 e. The molecule has 0 heterocycles. The molecule has 0 aliphatic rings. The van der Waals surface area contributed by atoms with Gasteiger partial charge in [0.15, 0.2) is 23.0 Å². The molecule has 3 N–H and O–H groups in total. The Kier molecular flexibility index (Phi) is 7.22. The zero-order chi connectivity index (χ0) is 19.8. The average molecular weight is 374 g/mol. The molecule has 0 aliphatic carbocycles. The third kappa shape index (κ3) is 5.22. The van der Waals surface area contributed by atoms with Crippen molar-refractivity contribution in [3.63, 3.8) is 0 Å². The van der Waals surface area contributed by atoms with Crippen LogP contribution in [0.5, 0.6) is 23.0 Å². The van der Waals surface area contributed by atoms with Crippen LogP contribution < -0.4 is 14.2 Å². The number of aliphatic hydroxyl groups excluding tert-OH is 2. The molecule has 144 valence electrons. The molecule has 0 radical (unpaired) electrons. The lowest BCUT2D eigenvalue weighted by molar-refractivity contribution is -0.104. The first-order valence-electron chi connectivity index (χ1n) is 8.15. The summed E-state index contributed by atoms with van der Waals surface area (Å²) < 4.78 is 15.8. The van der Waals surface area contributed by atoms with Crippen molar-refractivity contribution in [2.24, 2.45) is 0 Å². The van der Waals surface area contributed by atoms with Gasteiger partial charge in [-0.2, -0.15) is 0 Å². The quantitative estimate of drug-likeness (QED) is 0.456. The Hall–Kier alpha value is -3.03. The number of allylic oxidation sites excluding steroid dienone is 1. The fourth-order valence-electron chi connectivity index (χ4n) is 2.42. The van der Waals surface area contributed by atoms with Crippen LogP contribution in [0.25, 0.3) is 6.08 Å². The molecule has 0 saturated carbocycles. The SMILES string of the molecule is COc1cc([C@H](O)[C@@H](O)COc2ccc(C=CC=O)cc2OC)ccc1O. The summed E-state index contributed by atoms with van der Waals surface area (Å²) in [6, 6.07) is 9.36. The lowest BCUT2D eigenvalue weighted by Crippen LogP contribution is -2.25. The van der Waals surface area contributed by atoms with Crippen LogP contribution in [-0.2, 0) is 4.79 Å². The fourth-order valence-corrected chi connectivity index (χ4v) is 2.42. The van der Waals surface area contributed by atoms with E-state index in [9.17, 15) is 20.1 Å². The molecular formula is C20H22O7. The number of aromatic hydroxyl groups is 1. The number of carbonyl (C=O) groups is 1. The van der Waals surface area contributed by atoms with Gasteiger partial charge in [0.1, 0.15) is 25.1 Å². The predicted molar refractivity (Wildman–Crippen MR) is 99.2 cm³/mol. The minimum atomic E-state index is -1.24. The Bertz CT molecular complexity index is 801. The second-order valence-electron chi connectivity index (χ2n) is 5.66. The van der Waals surface area contributed by atoms with E-state index in [0.29, 0.717) is 23.3 Å². The standard InChI is InChI=1S/C20H22O7/c1-25-18-11-14(6-7-15(18)22)20(24)16(23)12-27-17-8-5-13(4-3-9-21)10-19(17)26-2/h3-11,16,20,22-24H,12H2,1-2H3/t16-,20-/m0/s1. The monoisotopic (exact) mass is 374 g/mol. The van der Waals surface area contributed by atoms with E-state index in [1.807, 2.05) is 0 Å². The van der Waals surface area contributed by atoms with E-state index in [0.717, 1.165) is 5.56 Å². The van der Waals surface area contributed by atoms with E-state index in [1.54, 1.807) is 24.3 Å². The number of phenols is 1. The Morgan fingerprint density at radius 3 is 2.41 bits per heavy atom. The first-order valence-corrected chi connectivity index (χ1v) is 8.15. The normalized spacial score (nSPS) is 13.2. The largest absolute Gasteiger partial charge is 0.504 e. The van der Waals surface area contributed by atoms with Crippen LogP contribution >= 0.6 is 0 Å². The second-order valence-corrected chi connectivity index (χ2v) is 5.66. The summed E-state index contributed by atoms with van der Waals surface area (Å²) >= 11 is 0. The van der Waals surface area contributed by atoms with E-state index in [2.05, 4.69) is 0 Å². The first kappa shape index (κ1) is 20.3. The molecule has 27 heavy (non-hydrogen) atoms. The van der Waals surface area contributed by atoms with Crippen molar-refractivity contribution in [1.82, 2.24) is 0 Å². The Morgan fingerprint density at radius 1 is 1.00 bits per heavy atom. The van der Waals surface area contributed by atoms with Crippen LogP contribution in [0.3, 0.4) is 0 Å². The smallest absolute Gasteiger partial charge is 0.161 e. The van der Waals surface area contributed by atoms with Gasteiger partial charge < -0.3 is 29.5 Å². The summed E-state index contributed by atoms with van der Waals surface area (Å²) in [6.07, 6.45) is 1.20. The van der Waals surface area contributed by atoms with Crippen LogP contribution in [-0.4, -0.2) is 48.5 Å². The minimum absolute atomic E-state index is 0.0624. The zero-order valence-corrected chi connectivity index (χ0v) is 15.0. The van der Waals surface area contributed by atoms with E-state index < -0.39 is 12.2 Å². The molecular weight excluding hydrogens is 352 g/mol. The number of hydrogen-bond donors (Lipinski definition) is 3. The van der Waals surface area contributed by atoms with Gasteiger partial charge in [0.25, 0.3) is 0 Å². The molecule has 2 rings (SSSR count).